The van der Waals surface area contributed by atoms with E-state index in [2.05, 4.69) is 10.2 Å². The van der Waals surface area contributed by atoms with Gasteiger partial charge in [-0.3, -0.25) is 9.89 Å². The summed E-state index contributed by atoms with van der Waals surface area (Å²) in [6.07, 6.45) is 0. The van der Waals surface area contributed by atoms with Crippen LogP contribution in [0.4, 0.5) is 0 Å². The van der Waals surface area contributed by atoms with Gasteiger partial charge in [0.2, 0.25) is 16.9 Å². The summed E-state index contributed by atoms with van der Waals surface area (Å²) in [5.41, 5.74) is 1.20. The molecular weight excluding hydrogens is 292 g/mol. The van der Waals surface area contributed by atoms with Crippen molar-refractivity contribution in [3.63, 3.8) is 0 Å². The van der Waals surface area contributed by atoms with Crippen LogP contribution in [-0.4, -0.2) is 17.3 Å². The molecule has 0 atom stereocenters. The van der Waals surface area contributed by atoms with E-state index in [9.17, 15) is 4.79 Å². The van der Waals surface area contributed by atoms with E-state index in [1.165, 1.54) is 7.11 Å². The molecule has 0 saturated heterocycles. The summed E-state index contributed by atoms with van der Waals surface area (Å²) < 4.78 is 10.9. The number of hydrogen-bond acceptors (Lipinski definition) is 4. The van der Waals surface area contributed by atoms with E-state index in [1.54, 1.807) is 31.2 Å². The molecule has 2 heterocycles. The van der Waals surface area contributed by atoms with E-state index in [-0.39, 0.29) is 30.1 Å². The van der Waals surface area contributed by atoms with Crippen LogP contribution in [0.3, 0.4) is 0 Å². The summed E-state index contributed by atoms with van der Waals surface area (Å²) in [4.78, 5) is 12.5. The van der Waals surface area contributed by atoms with E-state index >= 15 is 0 Å². The van der Waals surface area contributed by atoms with Crippen LogP contribution in [0.2, 0.25) is 5.02 Å². The van der Waals surface area contributed by atoms with Crippen molar-refractivity contribution in [2.75, 3.05) is 7.11 Å². The van der Waals surface area contributed by atoms with Crippen molar-refractivity contribution in [3.8, 4) is 17.1 Å². The van der Waals surface area contributed by atoms with Gasteiger partial charge in [-0.15, -0.1) is 5.10 Å². The highest BCUT2D eigenvalue weighted by Crippen LogP contribution is 2.34. The van der Waals surface area contributed by atoms with Crippen molar-refractivity contribution in [2.24, 2.45) is 0 Å². The molecule has 1 N–H and O–H groups in total. The molecule has 6 heteroatoms. The minimum atomic E-state index is -0.269. The number of aromatic nitrogens is 2. The number of methoxy groups -OCH3 is 1. The number of fused-ring (bicyclic) bond motifs is 1. The summed E-state index contributed by atoms with van der Waals surface area (Å²) in [7, 11) is 1.42. The number of nitrogens with one attached hydrogen (secondary N) is 1. The minimum Gasteiger partial charge on any atom is -0.490 e. The zero-order chi connectivity index (χ0) is 14.3. The van der Waals surface area contributed by atoms with Gasteiger partial charge in [0.15, 0.2) is 5.76 Å². The lowest BCUT2D eigenvalue weighted by molar-refractivity contribution is 0.398. The van der Waals surface area contributed by atoms with Crippen LogP contribution >= 0.6 is 11.6 Å². The number of ether oxygens (including phenoxy) is 1. The number of nitrogens with zero attached hydrogens (tertiary/aromatic N) is 1. The molecule has 0 aliphatic rings. The Morgan fingerprint density at radius 1 is 1.33 bits per heavy atom. The standard InChI is InChI=1S/C14H11ClN2O3.CH4/c1-7-10-11(18)13(19-2)12(20-14(10)17-16-7)8-5-3-4-6-9(8)15;/h3-6H,1-2H3,(H,16,17);1H4. The van der Waals surface area contributed by atoms with Gasteiger partial charge in [-0.2, -0.15) is 0 Å². The third-order valence-electron chi connectivity index (χ3n) is 3.07. The molecule has 0 aliphatic heterocycles. The van der Waals surface area contributed by atoms with Gasteiger partial charge in [-0.1, -0.05) is 31.2 Å². The van der Waals surface area contributed by atoms with Gasteiger partial charge in [0.05, 0.1) is 12.1 Å². The molecule has 3 rings (SSSR count). The van der Waals surface area contributed by atoms with E-state index in [0.717, 1.165) is 0 Å². The van der Waals surface area contributed by atoms with Crippen LogP contribution in [0.25, 0.3) is 22.4 Å². The van der Waals surface area contributed by atoms with Gasteiger partial charge in [-0.25, -0.2) is 0 Å². The van der Waals surface area contributed by atoms with Crippen LogP contribution in [0, 0.1) is 6.92 Å². The molecule has 110 valence electrons. The number of rotatable bonds is 2. The Morgan fingerprint density at radius 3 is 2.71 bits per heavy atom. The van der Waals surface area contributed by atoms with Crippen molar-refractivity contribution < 1.29 is 9.15 Å². The number of halogens is 1. The second-order valence-electron chi connectivity index (χ2n) is 4.30. The van der Waals surface area contributed by atoms with Gasteiger partial charge in [-0.05, 0) is 19.1 Å². The van der Waals surface area contributed by atoms with Crippen LogP contribution in [0.1, 0.15) is 13.1 Å². The van der Waals surface area contributed by atoms with Gasteiger partial charge in [0.25, 0.3) is 0 Å². The molecule has 0 amide bonds. The molecule has 0 spiro atoms. The normalized spacial score (nSPS) is 10.4. The number of aryl methyl sites for hydroxylation is 1. The van der Waals surface area contributed by atoms with E-state index in [4.69, 9.17) is 20.8 Å². The van der Waals surface area contributed by atoms with Gasteiger partial charge < -0.3 is 9.15 Å². The topological polar surface area (TPSA) is 68.1 Å². The predicted molar refractivity (Wildman–Crippen MR) is 83.1 cm³/mol. The first-order chi connectivity index (χ1) is 9.63. The lowest BCUT2D eigenvalue weighted by Crippen LogP contribution is -2.07. The third-order valence-corrected chi connectivity index (χ3v) is 3.40. The Hall–Kier alpha value is -2.27. The van der Waals surface area contributed by atoms with Crippen molar-refractivity contribution in [2.45, 2.75) is 14.4 Å². The molecule has 3 aromatic rings. The van der Waals surface area contributed by atoms with Crippen molar-refractivity contribution in [1.29, 1.82) is 0 Å². The van der Waals surface area contributed by atoms with Crippen LogP contribution in [0.15, 0.2) is 33.5 Å². The Kier molecular flexibility index (Phi) is 4.04. The molecule has 0 saturated carbocycles. The predicted octanol–water partition coefficient (Wildman–Crippen LogP) is 3.79. The lowest BCUT2D eigenvalue weighted by Gasteiger charge is -2.08. The molecular formula is C15H15ClN2O3. The van der Waals surface area contributed by atoms with Crippen molar-refractivity contribution in [3.05, 3.63) is 45.2 Å². The first-order valence-electron chi connectivity index (χ1n) is 5.94. The smallest absolute Gasteiger partial charge is 0.249 e. The number of aromatic amines is 1. The average Bonchev–Trinajstić information content (AvgIpc) is 2.81. The van der Waals surface area contributed by atoms with Gasteiger partial charge >= 0.3 is 0 Å². The third kappa shape index (κ3) is 2.29. The highest BCUT2D eigenvalue weighted by molar-refractivity contribution is 6.33. The van der Waals surface area contributed by atoms with Crippen molar-refractivity contribution >= 4 is 22.7 Å². The van der Waals surface area contributed by atoms with Gasteiger partial charge in [0.1, 0.15) is 5.39 Å². The minimum absolute atomic E-state index is 0. The molecule has 0 unspecified atom stereocenters. The quantitative estimate of drug-likeness (QED) is 0.782. The number of hydrogen-bond donors (Lipinski definition) is 1. The molecule has 0 radical (unpaired) electrons. The maximum absolute atomic E-state index is 12.5. The zero-order valence-corrected chi connectivity index (χ0v) is 11.6. The highest BCUT2D eigenvalue weighted by Gasteiger charge is 2.21. The van der Waals surface area contributed by atoms with E-state index < -0.39 is 0 Å². The van der Waals surface area contributed by atoms with Crippen LogP contribution < -0.4 is 10.2 Å². The molecule has 21 heavy (non-hydrogen) atoms. The summed E-state index contributed by atoms with van der Waals surface area (Å²) in [5.74, 6) is 0.400. The summed E-state index contributed by atoms with van der Waals surface area (Å²) >= 11 is 6.15. The fourth-order valence-corrected chi connectivity index (χ4v) is 2.34. The van der Waals surface area contributed by atoms with E-state index in [1.807, 2.05) is 0 Å². The molecule has 2 aromatic heterocycles. The summed E-state index contributed by atoms with van der Waals surface area (Å²) in [5, 5.41) is 7.57. The maximum atomic E-state index is 12.5. The second-order valence-corrected chi connectivity index (χ2v) is 4.71. The Morgan fingerprint density at radius 2 is 2.05 bits per heavy atom. The largest absolute Gasteiger partial charge is 0.490 e. The molecule has 0 fully saturated rings. The van der Waals surface area contributed by atoms with Crippen LogP contribution in [0.5, 0.6) is 5.75 Å². The van der Waals surface area contributed by atoms with E-state index in [0.29, 0.717) is 21.7 Å². The monoisotopic (exact) mass is 306 g/mol. The first-order valence-corrected chi connectivity index (χ1v) is 6.32. The number of benzene rings is 1. The average molecular weight is 307 g/mol. The second kappa shape index (κ2) is 5.61. The van der Waals surface area contributed by atoms with Crippen LogP contribution in [-0.2, 0) is 0 Å². The molecule has 0 bridgehead atoms. The number of H-pyrrole nitrogens is 1. The summed E-state index contributed by atoms with van der Waals surface area (Å²) in [6, 6.07) is 7.08. The molecule has 0 aliphatic carbocycles. The summed E-state index contributed by atoms with van der Waals surface area (Å²) in [6.45, 7) is 1.75. The molecule has 5 nitrogen and oxygen atoms in total. The maximum Gasteiger partial charge on any atom is 0.249 e. The Labute approximate surface area is 126 Å². The Balaban J connectivity index is 0.00000161. The SMILES string of the molecule is C.COc1c(-c2ccccc2Cl)oc2n[nH]c(C)c2c1=O. The Bertz CT molecular complexity index is 852. The zero-order valence-electron chi connectivity index (χ0n) is 10.9. The fraction of sp³-hybridized carbons (Fsp3) is 0.200. The molecule has 1 aromatic carbocycles. The first kappa shape index (κ1) is 15.1. The lowest BCUT2D eigenvalue weighted by atomic mass is 10.1. The van der Waals surface area contributed by atoms with Gasteiger partial charge in [0, 0.05) is 11.3 Å². The highest BCUT2D eigenvalue weighted by atomic mass is 35.5. The van der Waals surface area contributed by atoms with Crippen molar-refractivity contribution in [1.82, 2.24) is 10.2 Å². The fourth-order valence-electron chi connectivity index (χ4n) is 2.12.